The zero-order chi connectivity index (χ0) is 14.5. The van der Waals surface area contributed by atoms with Crippen molar-refractivity contribution in [3.05, 3.63) is 58.2 Å². The fourth-order valence-corrected chi connectivity index (χ4v) is 1.65. The van der Waals surface area contributed by atoms with Crippen molar-refractivity contribution < 1.29 is 9.72 Å². The molecule has 2 aromatic rings. The Bertz CT molecular complexity index is 643. The largest absolute Gasteiger partial charge is 0.372 e. The number of ketones is 1. The van der Waals surface area contributed by atoms with Crippen molar-refractivity contribution in [2.24, 2.45) is 0 Å². The van der Waals surface area contributed by atoms with Crippen LogP contribution in [0.25, 0.3) is 0 Å². The molecule has 20 heavy (non-hydrogen) atoms. The molecule has 1 aromatic carbocycles. The summed E-state index contributed by atoms with van der Waals surface area (Å²) in [5.41, 5.74) is 1.24. The lowest BCUT2D eigenvalue weighted by atomic mass is 10.2. The van der Waals surface area contributed by atoms with E-state index in [9.17, 15) is 14.9 Å². The lowest BCUT2D eigenvalue weighted by Gasteiger charge is -2.06. The number of Topliss-reactive ketones (excluding diaryl/α,β-unsaturated/α-hetero) is 1. The number of nitrogens with zero attached hydrogens (tertiary/aromatic N) is 3. The average Bonchev–Trinajstić information content (AvgIpc) is 2.46. The van der Waals surface area contributed by atoms with Gasteiger partial charge in [-0.3, -0.25) is 19.9 Å². The second-order valence-corrected chi connectivity index (χ2v) is 4.15. The molecule has 102 valence electrons. The number of hydrogen-bond donors (Lipinski definition) is 1. The molecule has 2 rings (SSSR count). The third-order valence-electron chi connectivity index (χ3n) is 2.64. The molecule has 0 unspecified atom stereocenters. The highest BCUT2D eigenvalue weighted by molar-refractivity contribution is 5.97. The van der Waals surface area contributed by atoms with Crippen LogP contribution in [0, 0.1) is 17.0 Å². The lowest BCUT2D eigenvalue weighted by Crippen LogP contribution is -2.16. The molecule has 1 aromatic heterocycles. The summed E-state index contributed by atoms with van der Waals surface area (Å²) in [6.45, 7) is 1.68. The van der Waals surface area contributed by atoms with Crippen molar-refractivity contribution in [2.75, 3.05) is 11.9 Å². The van der Waals surface area contributed by atoms with Crippen LogP contribution in [-0.2, 0) is 0 Å². The smallest absolute Gasteiger partial charge is 0.292 e. The Kier molecular flexibility index (Phi) is 3.99. The molecule has 0 saturated carbocycles. The van der Waals surface area contributed by atoms with Crippen LogP contribution in [0.5, 0.6) is 0 Å². The van der Waals surface area contributed by atoms with Crippen molar-refractivity contribution in [3.63, 3.8) is 0 Å². The summed E-state index contributed by atoms with van der Waals surface area (Å²) in [5, 5.41) is 13.7. The summed E-state index contributed by atoms with van der Waals surface area (Å²) in [6, 6.07) is 4.77. The number of rotatable bonds is 5. The van der Waals surface area contributed by atoms with Crippen LogP contribution in [-0.4, -0.2) is 27.2 Å². The number of hydrogen-bond acceptors (Lipinski definition) is 6. The van der Waals surface area contributed by atoms with E-state index in [2.05, 4.69) is 15.3 Å². The fourth-order valence-electron chi connectivity index (χ4n) is 1.65. The highest BCUT2D eigenvalue weighted by atomic mass is 16.6. The summed E-state index contributed by atoms with van der Waals surface area (Å²) in [6.07, 6.45) is 4.24. The van der Waals surface area contributed by atoms with Gasteiger partial charge in [-0.25, -0.2) is 4.98 Å². The second-order valence-electron chi connectivity index (χ2n) is 4.15. The molecule has 0 aliphatic carbocycles. The Labute approximate surface area is 114 Å². The van der Waals surface area contributed by atoms with Gasteiger partial charge < -0.3 is 5.32 Å². The quantitative estimate of drug-likeness (QED) is 0.507. The van der Waals surface area contributed by atoms with Crippen molar-refractivity contribution >= 4 is 17.2 Å². The molecule has 0 aliphatic rings. The maximum Gasteiger partial charge on any atom is 0.292 e. The van der Waals surface area contributed by atoms with E-state index in [0.717, 1.165) is 5.56 Å². The molecule has 0 fully saturated rings. The van der Waals surface area contributed by atoms with E-state index >= 15 is 0 Å². The average molecular weight is 272 g/mol. The first-order chi connectivity index (χ1) is 9.58. The van der Waals surface area contributed by atoms with Gasteiger partial charge in [0.1, 0.15) is 11.4 Å². The third kappa shape index (κ3) is 3.14. The van der Waals surface area contributed by atoms with E-state index in [4.69, 9.17) is 0 Å². The monoisotopic (exact) mass is 272 g/mol. The topological polar surface area (TPSA) is 98.0 Å². The normalized spacial score (nSPS) is 10.1. The summed E-state index contributed by atoms with van der Waals surface area (Å²) in [5.74, 6) is -0.284. The van der Waals surface area contributed by atoms with E-state index in [0.29, 0.717) is 5.69 Å². The third-order valence-corrected chi connectivity index (χ3v) is 2.64. The van der Waals surface area contributed by atoms with E-state index < -0.39 is 4.92 Å². The van der Waals surface area contributed by atoms with Gasteiger partial charge in [0, 0.05) is 18.5 Å². The number of carbonyl (C=O) groups excluding carboxylic acids is 1. The zero-order valence-electron chi connectivity index (χ0n) is 10.7. The van der Waals surface area contributed by atoms with Crippen LogP contribution in [0.4, 0.5) is 11.4 Å². The number of nitro benzene ring substituents is 1. The molecular weight excluding hydrogens is 260 g/mol. The molecule has 0 atom stereocenters. The van der Waals surface area contributed by atoms with Gasteiger partial charge in [-0.05, 0) is 18.6 Å². The van der Waals surface area contributed by atoms with Crippen molar-refractivity contribution in [3.8, 4) is 0 Å². The van der Waals surface area contributed by atoms with Gasteiger partial charge >= 0.3 is 0 Å². The summed E-state index contributed by atoms with van der Waals surface area (Å²) in [4.78, 5) is 30.0. The summed E-state index contributed by atoms with van der Waals surface area (Å²) < 4.78 is 0. The standard InChI is InChI=1S/C13H12N4O3/c1-9-2-3-10(12(6-9)17(19)20)16-8-13(18)11-7-14-4-5-15-11/h2-7,16H,8H2,1H3. The fraction of sp³-hybridized carbons (Fsp3) is 0.154. The first-order valence-electron chi connectivity index (χ1n) is 5.86. The van der Waals surface area contributed by atoms with Gasteiger partial charge in [0.05, 0.1) is 17.7 Å². The van der Waals surface area contributed by atoms with Crippen LogP contribution >= 0.6 is 0 Å². The number of anilines is 1. The van der Waals surface area contributed by atoms with E-state index in [1.807, 2.05) is 0 Å². The summed E-state index contributed by atoms with van der Waals surface area (Å²) in [7, 11) is 0. The first-order valence-corrected chi connectivity index (χ1v) is 5.86. The van der Waals surface area contributed by atoms with Gasteiger partial charge in [0.15, 0.2) is 0 Å². The van der Waals surface area contributed by atoms with Crippen LogP contribution in [0.2, 0.25) is 0 Å². The number of nitro groups is 1. The second kappa shape index (κ2) is 5.87. The maximum atomic E-state index is 11.8. The molecule has 7 nitrogen and oxygen atoms in total. The molecule has 0 bridgehead atoms. The zero-order valence-corrected chi connectivity index (χ0v) is 10.7. The Hall–Kier alpha value is -2.83. The number of carbonyl (C=O) groups is 1. The van der Waals surface area contributed by atoms with Gasteiger partial charge in [-0.2, -0.15) is 0 Å². The molecule has 1 heterocycles. The van der Waals surface area contributed by atoms with Gasteiger partial charge in [0.25, 0.3) is 5.69 Å². The molecule has 0 amide bonds. The molecule has 0 saturated heterocycles. The van der Waals surface area contributed by atoms with E-state index in [-0.39, 0.29) is 23.7 Å². The molecule has 0 radical (unpaired) electrons. The number of aryl methyl sites for hydroxylation is 1. The van der Waals surface area contributed by atoms with E-state index in [1.165, 1.54) is 24.7 Å². The predicted molar refractivity (Wildman–Crippen MR) is 72.7 cm³/mol. The van der Waals surface area contributed by atoms with Crippen molar-refractivity contribution in [1.29, 1.82) is 0 Å². The van der Waals surface area contributed by atoms with Crippen molar-refractivity contribution in [2.45, 2.75) is 6.92 Å². The van der Waals surface area contributed by atoms with Crippen molar-refractivity contribution in [1.82, 2.24) is 9.97 Å². The minimum Gasteiger partial charge on any atom is -0.372 e. The van der Waals surface area contributed by atoms with Crippen LogP contribution < -0.4 is 5.32 Å². The highest BCUT2D eigenvalue weighted by Crippen LogP contribution is 2.25. The Morgan fingerprint density at radius 1 is 1.40 bits per heavy atom. The van der Waals surface area contributed by atoms with Crippen LogP contribution in [0.15, 0.2) is 36.8 Å². The predicted octanol–water partition coefficient (Wildman–Crippen LogP) is 1.99. The minimum atomic E-state index is -0.484. The maximum absolute atomic E-state index is 11.8. The first kappa shape index (κ1) is 13.6. The van der Waals surface area contributed by atoms with Gasteiger partial charge in [-0.1, -0.05) is 6.07 Å². The van der Waals surface area contributed by atoms with E-state index in [1.54, 1.807) is 19.1 Å². The number of aromatic nitrogens is 2. The molecule has 0 spiro atoms. The van der Waals surface area contributed by atoms with Crippen LogP contribution in [0.1, 0.15) is 16.1 Å². The summed E-state index contributed by atoms with van der Waals surface area (Å²) >= 11 is 0. The van der Waals surface area contributed by atoms with Gasteiger partial charge in [0.2, 0.25) is 5.78 Å². The Morgan fingerprint density at radius 3 is 2.85 bits per heavy atom. The Morgan fingerprint density at radius 2 is 2.20 bits per heavy atom. The highest BCUT2D eigenvalue weighted by Gasteiger charge is 2.15. The number of nitrogens with one attached hydrogen (secondary N) is 1. The molecule has 7 heteroatoms. The minimum absolute atomic E-state index is 0.0584. The van der Waals surface area contributed by atoms with Gasteiger partial charge in [-0.15, -0.1) is 0 Å². The number of benzene rings is 1. The lowest BCUT2D eigenvalue weighted by molar-refractivity contribution is -0.384. The molecular formula is C13H12N4O3. The van der Waals surface area contributed by atoms with Crippen LogP contribution in [0.3, 0.4) is 0 Å². The molecule has 1 N–H and O–H groups in total. The SMILES string of the molecule is Cc1ccc(NCC(=O)c2cnccn2)c([N+](=O)[O-])c1. The Balaban J connectivity index is 2.12. The molecule has 0 aliphatic heterocycles.